The monoisotopic (exact) mass is 270 g/mol. The van der Waals surface area contributed by atoms with Crippen LogP contribution in [0.5, 0.6) is 0 Å². The van der Waals surface area contributed by atoms with Crippen LogP contribution in [0.25, 0.3) is 0 Å². The summed E-state index contributed by atoms with van der Waals surface area (Å²) in [6.07, 6.45) is 1.31. The van der Waals surface area contributed by atoms with Gasteiger partial charge in [-0.2, -0.15) is 0 Å². The van der Waals surface area contributed by atoms with Gasteiger partial charge in [-0.05, 0) is 30.5 Å². The number of aliphatic hydroxyl groups excluding tert-OH is 1. The largest absolute Gasteiger partial charge is 0.393 e. The first-order valence-electron chi connectivity index (χ1n) is 5.22. The summed E-state index contributed by atoms with van der Waals surface area (Å²) in [4.78, 5) is 0. The predicted molar refractivity (Wildman–Crippen MR) is 62.8 cm³/mol. The molecular formula is C12H15BrO2. The first-order chi connectivity index (χ1) is 7.16. The Hall–Kier alpha value is -0.380. The summed E-state index contributed by atoms with van der Waals surface area (Å²) in [5, 5.41) is 9.58. The highest BCUT2D eigenvalue weighted by Crippen LogP contribution is 2.30. The van der Waals surface area contributed by atoms with E-state index >= 15 is 0 Å². The maximum atomic E-state index is 9.58. The van der Waals surface area contributed by atoms with E-state index in [-0.39, 0.29) is 12.2 Å². The normalized spacial score (nSPS) is 26.6. The average Bonchev–Trinajstić information content (AvgIpc) is 2.22. The first-order valence-corrected chi connectivity index (χ1v) is 6.02. The van der Waals surface area contributed by atoms with Crippen molar-refractivity contribution in [2.24, 2.45) is 0 Å². The molecule has 0 aromatic heterocycles. The Bertz CT molecular complexity index is 351. The zero-order valence-corrected chi connectivity index (χ0v) is 10.3. The third-order valence-electron chi connectivity index (χ3n) is 2.81. The number of hydrogen-bond donors (Lipinski definition) is 1. The van der Waals surface area contributed by atoms with Crippen molar-refractivity contribution in [1.29, 1.82) is 0 Å². The van der Waals surface area contributed by atoms with Gasteiger partial charge >= 0.3 is 0 Å². The molecule has 1 saturated heterocycles. The summed E-state index contributed by atoms with van der Waals surface area (Å²) in [6.45, 7) is 2.72. The average molecular weight is 271 g/mol. The van der Waals surface area contributed by atoms with Crippen LogP contribution in [-0.4, -0.2) is 17.8 Å². The van der Waals surface area contributed by atoms with Crippen LogP contribution in [0, 0.1) is 6.92 Å². The second-order valence-corrected chi connectivity index (χ2v) is 4.90. The van der Waals surface area contributed by atoms with Crippen molar-refractivity contribution in [2.45, 2.75) is 32.0 Å². The second kappa shape index (κ2) is 4.64. The minimum atomic E-state index is -0.215. The molecule has 0 aliphatic carbocycles. The Labute approximate surface area is 98.4 Å². The van der Waals surface area contributed by atoms with Crippen LogP contribution in [0.4, 0.5) is 0 Å². The molecule has 0 radical (unpaired) electrons. The van der Waals surface area contributed by atoms with Gasteiger partial charge in [-0.1, -0.05) is 28.1 Å². The quantitative estimate of drug-likeness (QED) is 0.850. The molecule has 0 amide bonds. The van der Waals surface area contributed by atoms with Crippen molar-refractivity contribution >= 4 is 15.9 Å². The molecule has 2 atom stereocenters. The molecule has 1 aliphatic rings. The minimum absolute atomic E-state index is 0.0561. The number of ether oxygens (including phenoxy) is 1. The fraction of sp³-hybridized carbons (Fsp3) is 0.500. The molecule has 1 aromatic carbocycles. The van der Waals surface area contributed by atoms with Gasteiger partial charge in [-0.15, -0.1) is 0 Å². The second-order valence-electron chi connectivity index (χ2n) is 4.05. The van der Waals surface area contributed by atoms with Crippen LogP contribution in [0.15, 0.2) is 22.7 Å². The molecular weight excluding hydrogens is 256 g/mol. The zero-order chi connectivity index (χ0) is 10.8. The van der Waals surface area contributed by atoms with Crippen molar-refractivity contribution in [1.82, 2.24) is 0 Å². The first kappa shape index (κ1) is 11.1. The van der Waals surface area contributed by atoms with E-state index in [0.29, 0.717) is 13.0 Å². The molecule has 0 spiro atoms. The maximum Gasteiger partial charge on any atom is 0.0849 e. The van der Waals surface area contributed by atoms with Gasteiger partial charge < -0.3 is 9.84 Å². The molecule has 2 unspecified atom stereocenters. The van der Waals surface area contributed by atoms with E-state index in [4.69, 9.17) is 4.74 Å². The van der Waals surface area contributed by atoms with Gasteiger partial charge in [0.25, 0.3) is 0 Å². The number of halogens is 1. The summed E-state index contributed by atoms with van der Waals surface area (Å²) in [7, 11) is 0. The van der Waals surface area contributed by atoms with Gasteiger partial charge in [0.05, 0.1) is 12.2 Å². The van der Waals surface area contributed by atoms with Crippen molar-refractivity contribution < 1.29 is 9.84 Å². The molecule has 0 bridgehead atoms. The summed E-state index contributed by atoms with van der Waals surface area (Å²) >= 11 is 3.48. The van der Waals surface area contributed by atoms with Crippen molar-refractivity contribution in [3.05, 3.63) is 33.8 Å². The molecule has 15 heavy (non-hydrogen) atoms. The van der Waals surface area contributed by atoms with Gasteiger partial charge in [0.15, 0.2) is 0 Å². The molecule has 82 valence electrons. The standard InChI is InChI=1S/C12H15BrO2/c1-8-6-9(2-3-11(8)13)12-7-10(14)4-5-15-12/h2-3,6,10,12,14H,4-5,7H2,1H3. The van der Waals surface area contributed by atoms with Crippen molar-refractivity contribution in [2.75, 3.05) is 6.61 Å². The summed E-state index contributed by atoms with van der Waals surface area (Å²) in [5.74, 6) is 0. The van der Waals surface area contributed by atoms with Gasteiger partial charge in [-0.25, -0.2) is 0 Å². The fourth-order valence-corrected chi connectivity index (χ4v) is 2.13. The van der Waals surface area contributed by atoms with Gasteiger partial charge in [-0.3, -0.25) is 0 Å². The zero-order valence-electron chi connectivity index (χ0n) is 8.74. The molecule has 1 heterocycles. The number of aliphatic hydroxyl groups is 1. The van der Waals surface area contributed by atoms with Crippen LogP contribution in [-0.2, 0) is 4.74 Å². The summed E-state index contributed by atoms with van der Waals surface area (Å²) in [5.41, 5.74) is 2.37. The van der Waals surface area contributed by atoms with Gasteiger partial charge in [0, 0.05) is 17.5 Å². The molecule has 2 nitrogen and oxygen atoms in total. The van der Waals surface area contributed by atoms with Crippen LogP contribution in [0.3, 0.4) is 0 Å². The molecule has 3 heteroatoms. The highest BCUT2D eigenvalue weighted by Gasteiger charge is 2.22. The fourth-order valence-electron chi connectivity index (χ4n) is 1.88. The highest BCUT2D eigenvalue weighted by atomic mass is 79.9. The van der Waals surface area contributed by atoms with E-state index in [9.17, 15) is 5.11 Å². The van der Waals surface area contributed by atoms with E-state index in [2.05, 4.69) is 35.0 Å². The Kier molecular flexibility index (Phi) is 3.44. The lowest BCUT2D eigenvalue weighted by Gasteiger charge is -2.27. The SMILES string of the molecule is Cc1cc(C2CC(O)CCO2)ccc1Br. The Morgan fingerprint density at radius 3 is 2.93 bits per heavy atom. The van der Waals surface area contributed by atoms with E-state index in [1.54, 1.807) is 0 Å². The Morgan fingerprint density at radius 1 is 1.47 bits per heavy atom. The lowest BCUT2D eigenvalue weighted by Crippen LogP contribution is -2.23. The Morgan fingerprint density at radius 2 is 2.27 bits per heavy atom. The smallest absolute Gasteiger partial charge is 0.0849 e. The lowest BCUT2D eigenvalue weighted by atomic mass is 9.98. The van der Waals surface area contributed by atoms with Gasteiger partial charge in [0.2, 0.25) is 0 Å². The molecule has 1 fully saturated rings. The lowest BCUT2D eigenvalue weighted by molar-refractivity contribution is -0.0448. The highest BCUT2D eigenvalue weighted by molar-refractivity contribution is 9.10. The summed E-state index contributed by atoms with van der Waals surface area (Å²) < 4.78 is 6.77. The maximum absolute atomic E-state index is 9.58. The number of aryl methyl sites for hydroxylation is 1. The number of hydrogen-bond acceptors (Lipinski definition) is 2. The molecule has 1 N–H and O–H groups in total. The van der Waals surface area contributed by atoms with Crippen molar-refractivity contribution in [3.8, 4) is 0 Å². The van der Waals surface area contributed by atoms with E-state index < -0.39 is 0 Å². The third kappa shape index (κ3) is 2.60. The topological polar surface area (TPSA) is 29.5 Å². The summed E-state index contributed by atoms with van der Waals surface area (Å²) in [6, 6.07) is 6.21. The number of benzene rings is 1. The van der Waals surface area contributed by atoms with Crippen molar-refractivity contribution in [3.63, 3.8) is 0 Å². The van der Waals surface area contributed by atoms with Crippen LogP contribution < -0.4 is 0 Å². The molecule has 0 saturated carbocycles. The molecule has 2 rings (SSSR count). The van der Waals surface area contributed by atoms with Crippen LogP contribution >= 0.6 is 15.9 Å². The predicted octanol–water partition coefficient (Wildman–Crippen LogP) is 2.97. The van der Waals surface area contributed by atoms with Crippen LogP contribution in [0.2, 0.25) is 0 Å². The minimum Gasteiger partial charge on any atom is -0.393 e. The third-order valence-corrected chi connectivity index (χ3v) is 3.70. The van der Waals surface area contributed by atoms with E-state index in [1.807, 2.05) is 6.07 Å². The van der Waals surface area contributed by atoms with Gasteiger partial charge in [0.1, 0.15) is 0 Å². The number of rotatable bonds is 1. The van der Waals surface area contributed by atoms with E-state index in [0.717, 1.165) is 16.5 Å². The van der Waals surface area contributed by atoms with E-state index in [1.165, 1.54) is 5.56 Å². The molecule has 1 aromatic rings. The molecule has 1 aliphatic heterocycles. The van der Waals surface area contributed by atoms with Crippen LogP contribution in [0.1, 0.15) is 30.1 Å². The Balaban J connectivity index is 2.18.